The number of fused-ring (bicyclic) bond motifs is 1. The second kappa shape index (κ2) is 7.70. The van der Waals surface area contributed by atoms with Gasteiger partial charge in [0.1, 0.15) is 12.4 Å². The van der Waals surface area contributed by atoms with Gasteiger partial charge in [0.05, 0.1) is 11.1 Å². The van der Waals surface area contributed by atoms with Crippen molar-refractivity contribution in [1.82, 2.24) is 0 Å². The van der Waals surface area contributed by atoms with Crippen molar-refractivity contribution in [1.29, 1.82) is 0 Å². The Hall–Kier alpha value is -3.02. The molecule has 3 amide bonds. The number of urea groups is 1. The molecule has 2 N–H and O–H groups in total. The van der Waals surface area contributed by atoms with Gasteiger partial charge in [-0.1, -0.05) is 25.1 Å². The number of hydrogen-bond donors (Lipinski definition) is 2. The summed E-state index contributed by atoms with van der Waals surface area (Å²) in [6.07, 6.45) is 0.827. The molecule has 0 unspecified atom stereocenters. The Kier molecular flexibility index (Phi) is 5.35. The summed E-state index contributed by atoms with van der Waals surface area (Å²) in [4.78, 5) is 27.0. The number of ether oxygens (including phenoxy) is 1. The average molecular weight is 367 g/mol. The SMILES string of the molecule is CCCN1C(=O)C(C)(C)COc2ccc(NC(=O)Nc3ccccc3)cc21. The van der Waals surface area contributed by atoms with Crippen LogP contribution >= 0.6 is 0 Å². The molecule has 0 radical (unpaired) electrons. The van der Waals surface area contributed by atoms with Gasteiger partial charge in [-0.15, -0.1) is 0 Å². The first kappa shape index (κ1) is 18.8. The fraction of sp³-hybridized carbons (Fsp3) is 0.333. The standard InChI is InChI=1S/C21H25N3O3/c1-4-12-24-17-13-16(23-20(26)22-15-8-6-5-7-9-15)10-11-18(17)27-14-21(2,3)19(24)25/h5-11,13H,4,12,14H2,1-3H3,(H2,22,23,26). The third-order valence-corrected chi connectivity index (χ3v) is 4.40. The lowest BCUT2D eigenvalue weighted by atomic mass is 9.93. The van der Waals surface area contributed by atoms with Gasteiger partial charge in [0.15, 0.2) is 0 Å². The van der Waals surface area contributed by atoms with Gasteiger partial charge in [0.25, 0.3) is 0 Å². The highest BCUT2D eigenvalue weighted by atomic mass is 16.5. The highest BCUT2D eigenvalue weighted by Crippen LogP contribution is 2.38. The summed E-state index contributed by atoms with van der Waals surface area (Å²) in [6.45, 7) is 6.71. The van der Waals surface area contributed by atoms with E-state index in [9.17, 15) is 9.59 Å². The van der Waals surface area contributed by atoms with Crippen molar-refractivity contribution < 1.29 is 14.3 Å². The average Bonchev–Trinajstić information content (AvgIpc) is 2.73. The summed E-state index contributed by atoms with van der Waals surface area (Å²) in [5.74, 6) is 0.672. The van der Waals surface area contributed by atoms with Gasteiger partial charge in [0.2, 0.25) is 5.91 Å². The number of nitrogens with zero attached hydrogens (tertiary/aromatic N) is 1. The van der Waals surface area contributed by atoms with Crippen LogP contribution in [0.3, 0.4) is 0 Å². The summed E-state index contributed by atoms with van der Waals surface area (Å²) in [5.41, 5.74) is 1.38. The highest BCUT2D eigenvalue weighted by Gasteiger charge is 2.37. The summed E-state index contributed by atoms with van der Waals surface area (Å²) in [5, 5.41) is 5.59. The number of rotatable bonds is 4. The van der Waals surface area contributed by atoms with Crippen molar-refractivity contribution in [2.24, 2.45) is 5.41 Å². The first-order valence-corrected chi connectivity index (χ1v) is 9.12. The number of carbonyl (C=O) groups excluding carboxylic acids is 2. The normalized spacial score (nSPS) is 15.4. The smallest absolute Gasteiger partial charge is 0.323 e. The van der Waals surface area contributed by atoms with E-state index in [0.29, 0.717) is 36.0 Å². The number of anilines is 3. The van der Waals surface area contributed by atoms with Crippen molar-refractivity contribution in [2.45, 2.75) is 27.2 Å². The minimum Gasteiger partial charge on any atom is -0.490 e. The summed E-state index contributed by atoms with van der Waals surface area (Å²) in [6, 6.07) is 14.2. The molecule has 2 aromatic rings. The monoisotopic (exact) mass is 367 g/mol. The Morgan fingerprint density at radius 2 is 1.81 bits per heavy atom. The molecular weight excluding hydrogens is 342 g/mol. The quantitative estimate of drug-likeness (QED) is 0.836. The van der Waals surface area contributed by atoms with Gasteiger partial charge in [-0.2, -0.15) is 0 Å². The third-order valence-electron chi connectivity index (χ3n) is 4.40. The van der Waals surface area contributed by atoms with E-state index < -0.39 is 5.41 Å². The number of amides is 3. The fourth-order valence-corrected chi connectivity index (χ4v) is 2.98. The maximum absolute atomic E-state index is 12.9. The van der Waals surface area contributed by atoms with Crippen LogP contribution in [-0.4, -0.2) is 25.1 Å². The number of hydrogen-bond acceptors (Lipinski definition) is 3. The zero-order chi connectivity index (χ0) is 19.4. The molecule has 0 spiro atoms. The van der Waals surface area contributed by atoms with Crippen LogP contribution in [-0.2, 0) is 4.79 Å². The van der Waals surface area contributed by atoms with Crippen LogP contribution in [0, 0.1) is 5.41 Å². The molecule has 142 valence electrons. The topological polar surface area (TPSA) is 70.7 Å². The van der Waals surface area contributed by atoms with Gasteiger partial charge in [-0.3, -0.25) is 4.79 Å². The molecule has 1 aliphatic rings. The Labute approximate surface area is 159 Å². The van der Waals surface area contributed by atoms with Crippen LogP contribution in [0.5, 0.6) is 5.75 Å². The summed E-state index contributed by atoms with van der Waals surface area (Å²) in [7, 11) is 0. The van der Waals surface area contributed by atoms with Gasteiger partial charge in [-0.25, -0.2) is 4.79 Å². The molecule has 27 heavy (non-hydrogen) atoms. The zero-order valence-corrected chi connectivity index (χ0v) is 15.9. The van der Waals surface area contributed by atoms with Gasteiger partial charge in [-0.05, 0) is 50.6 Å². The molecule has 3 rings (SSSR count). The molecule has 0 bridgehead atoms. The van der Waals surface area contributed by atoms with Gasteiger partial charge in [0, 0.05) is 17.9 Å². The van der Waals surface area contributed by atoms with E-state index in [4.69, 9.17) is 4.74 Å². The number of benzene rings is 2. The van der Waals surface area contributed by atoms with Crippen LogP contribution in [0.15, 0.2) is 48.5 Å². The van der Waals surface area contributed by atoms with Crippen molar-refractivity contribution >= 4 is 29.0 Å². The van der Waals surface area contributed by atoms with E-state index in [2.05, 4.69) is 10.6 Å². The minimum atomic E-state index is -0.605. The zero-order valence-electron chi connectivity index (χ0n) is 15.9. The lowest BCUT2D eigenvalue weighted by Gasteiger charge is -2.27. The predicted molar refractivity (Wildman–Crippen MR) is 107 cm³/mol. The molecule has 0 aliphatic carbocycles. The maximum Gasteiger partial charge on any atom is 0.323 e. The second-order valence-corrected chi connectivity index (χ2v) is 7.26. The molecular formula is C21H25N3O3. The first-order chi connectivity index (χ1) is 12.9. The molecule has 0 atom stereocenters. The summed E-state index contributed by atoms with van der Waals surface area (Å²) < 4.78 is 5.88. The third kappa shape index (κ3) is 4.22. The Morgan fingerprint density at radius 3 is 2.52 bits per heavy atom. The molecule has 0 aromatic heterocycles. The van der Waals surface area contributed by atoms with E-state index >= 15 is 0 Å². The van der Waals surface area contributed by atoms with Crippen LogP contribution < -0.4 is 20.3 Å². The minimum absolute atomic E-state index is 0.0222. The van der Waals surface area contributed by atoms with E-state index in [1.807, 2.05) is 51.1 Å². The predicted octanol–water partition coefficient (Wildman–Crippen LogP) is 4.49. The molecule has 1 aliphatic heterocycles. The number of para-hydroxylation sites is 1. The second-order valence-electron chi connectivity index (χ2n) is 7.26. The van der Waals surface area contributed by atoms with E-state index in [1.54, 1.807) is 23.1 Å². The largest absolute Gasteiger partial charge is 0.490 e. The van der Waals surface area contributed by atoms with E-state index in [-0.39, 0.29) is 11.9 Å². The number of carbonyl (C=O) groups is 2. The molecule has 0 saturated heterocycles. The lowest BCUT2D eigenvalue weighted by molar-refractivity contribution is -0.127. The van der Waals surface area contributed by atoms with Crippen molar-refractivity contribution in [2.75, 3.05) is 28.7 Å². The molecule has 6 nitrogen and oxygen atoms in total. The van der Waals surface area contributed by atoms with Crippen LogP contribution in [0.4, 0.5) is 21.9 Å². The number of nitrogens with one attached hydrogen (secondary N) is 2. The van der Waals surface area contributed by atoms with Gasteiger partial charge >= 0.3 is 6.03 Å². The molecule has 0 fully saturated rings. The van der Waals surface area contributed by atoms with Crippen molar-refractivity contribution in [3.8, 4) is 5.75 Å². The Balaban J connectivity index is 1.83. The molecule has 0 saturated carbocycles. The Morgan fingerprint density at radius 1 is 1.11 bits per heavy atom. The van der Waals surface area contributed by atoms with Gasteiger partial charge < -0.3 is 20.3 Å². The van der Waals surface area contributed by atoms with Crippen LogP contribution in [0.1, 0.15) is 27.2 Å². The fourth-order valence-electron chi connectivity index (χ4n) is 2.98. The highest BCUT2D eigenvalue weighted by molar-refractivity contribution is 6.02. The maximum atomic E-state index is 12.9. The van der Waals surface area contributed by atoms with Crippen LogP contribution in [0.25, 0.3) is 0 Å². The summed E-state index contributed by atoms with van der Waals surface area (Å²) >= 11 is 0. The molecule has 2 aromatic carbocycles. The van der Waals surface area contributed by atoms with Crippen molar-refractivity contribution in [3.05, 3.63) is 48.5 Å². The van der Waals surface area contributed by atoms with E-state index in [1.165, 1.54) is 0 Å². The van der Waals surface area contributed by atoms with Crippen molar-refractivity contribution in [3.63, 3.8) is 0 Å². The lowest BCUT2D eigenvalue weighted by Crippen LogP contribution is -2.42. The first-order valence-electron chi connectivity index (χ1n) is 9.12. The molecule has 1 heterocycles. The molecule has 6 heteroatoms. The van der Waals surface area contributed by atoms with Crippen LogP contribution in [0.2, 0.25) is 0 Å². The van der Waals surface area contributed by atoms with E-state index in [0.717, 1.165) is 6.42 Å². The Bertz CT molecular complexity index is 834.